The zero-order chi connectivity index (χ0) is 9.84. The van der Waals surface area contributed by atoms with E-state index < -0.39 is 10.7 Å². The first-order chi connectivity index (χ1) is 6.15. The summed E-state index contributed by atoms with van der Waals surface area (Å²) in [5, 5.41) is 10.2. The van der Waals surface area contributed by atoms with Crippen LogP contribution in [-0.2, 0) is 6.42 Å². The lowest BCUT2D eigenvalue weighted by Crippen LogP contribution is -1.92. The summed E-state index contributed by atoms with van der Waals surface area (Å²) in [6.07, 6.45) is 1.92. The number of rotatable bonds is 3. The molecule has 1 aromatic rings. The molecule has 68 valence electrons. The Morgan fingerprint density at radius 1 is 1.62 bits per heavy atom. The Labute approximate surface area is 74.7 Å². The highest BCUT2D eigenvalue weighted by atomic mass is 19.1. The molecule has 0 saturated carbocycles. The minimum atomic E-state index is -0.624. The van der Waals surface area contributed by atoms with E-state index in [1.807, 2.05) is 0 Å². The van der Waals surface area contributed by atoms with Crippen LogP contribution < -0.4 is 0 Å². The summed E-state index contributed by atoms with van der Waals surface area (Å²) in [7, 11) is 0. The SMILES string of the molecule is C=CCc1ccc([N+](=O)[O-])cc1F. The van der Waals surface area contributed by atoms with E-state index in [1.165, 1.54) is 12.1 Å². The van der Waals surface area contributed by atoms with E-state index in [0.29, 0.717) is 12.0 Å². The van der Waals surface area contributed by atoms with Crippen molar-refractivity contribution in [3.8, 4) is 0 Å². The van der Waals surface area contributed by atoms with Crippen molar-refractivity contribution in [1.29, 1.82) is 0 Å². The van der Waals surface area contributed by atoms with Gasteiger partial charge < -0.3 is 0 Å². The fourth-order valence-electron chi connectivity index (χ4n) is 0.971. The minimum Gasteiger partial charge on any atom is -0.258 e. The van der Waals surface area contributed by atoms with Crippen molar-refractivity contribution in [2.75, 3.05) is 0 Å². The molecular weight excluding hydrogens is 173 g/mol. The van der Waals surface area contributed by atoms with E-state index in [9.17, 15) is 14.5 Å². The van der Waals surface area contributed by atoms with E-state index in [1.54, 1.807) is 6.08 Å². The molecule has 0 aliphatic heterocycles. The third-order valence-corrected chi connectivity index (χ3v) is 1.61. The third-order valence-electron chi connectivity index (χ3n) is 1.61. The van der Waals surface area contributed by atoms with Gasteiger partial charge in [-0.3, -0.25) is 10.1 Å². The highest BCUT2D eigenvalue weighted by Crippen LogP contribution is 2.16. The first-order valence-electron chi connectivity index (χ1n) is 3.69. The zero-order valence-corrected chi connectivity index (χ0v) is 6.87. The first-order valence-corrected chi connectivity index (χ1v) is 3.69. The second-order valence-corrected chi connectivity index (χ2v) is 2.53. The van der Waals surface area contributed by atoms with Gasteiger partial charge in [-0.25, -0.2) is 4.39 Å². The molecule has 0 aliphatic rings. The number of hydrogen-bond acceptors (Lipinski definition) is 2. The lowest BCUT2D eigenvalue weighted by atomic mass is 10.1. The van der Waals surface area contributed by atoms with E-state index in [4.69, 9.17) is 0 Å². The average Bonchev–Trinajstić information content (AvgIpc) is 2.08. The molecule has 0 atom stereocenters. The van der Waals surface area contributed by atoms with Crippen LogP contribution in [0, 0.1) is 15.9 Å². The van der Waals surface area contributed by atoms with Crippen molar-refractivity contribution in [2.45, 2.75) is 6.42 Å². The molecule has 4 heteroatoms. The molecular formula is C9H8FNO2. The molecule has 0 unspecified atom stereocenters. The molecule has 0 amide bonds. The molecule has 0 saturated heterocycles. The van der Waals surface area contributed by atoms with Crippen molar-refractivity contribution >= 4 is 5.69 Å². The highest BCUT2D eigenvalue weighted by molar-refractivity contribution is 5.34. The summed E-state index contributed by atoms with van der Waals surface area (Å²) in [5.74, 6) is -0.561. The maximum Gasteiger partial charge on any atom is 0.272 e. The quantitative estimate of drug-likeness (QED) is 0.408. The van der Waals surface area contributed by atoms with Crippen molar-refractivity contribution < 1.29 is 9.31 Å². The van der Waals surface area contributed by atoms with Crippen molar-refractivity contribution in [3.05, 3.63) is 52.3 Å². The molecule has 3 nitrogen and oxygen atoms in total. The van der Waals surface area contributed by atoms with Gasteiger partial charge in [0.15, 0.2) is 0 Å². The standard InChI is InChI=1S/C9H8FNO2/c1-2-3-7-4-5-8(11(12)13)6-9(7)10/h2,4-6H,1,3H2. The second kappa shape index (κ2) is 3.80. The van der Waals surface area contributed by atoms with Crippen LogP contribution in [0.3, 0.4) is 0 Å². The largest absolute Gasteiger partial charge is 0.272 e. The molecule has 0 aliphatic carbocycles. The van der Waals surface area contributed by atoms with Crippen LogP contribution in [0.5, 0.6) is 0 Å². The predicted molar refractivity (Wildman–Crippen MR) is 47.0 cm³/mol. The van der Waals surface area contributed by atoms with Gasteiger partial charge in [0, 0.05) is 6.07 Å². The number of halogens is 1. The minimum absolute atomic E-state index is 0.231. The van der Waals surface area contributed by atoms with Crippen LogP contribution in [0.4, 0.5) is 10.1 Å². The fourth-order valence-corrected chi connectivity index (χ4v) is 0.971. The Bertz CT molecular complexity index is 349. The molecule has 0 radical (unpaired) electrons. The molecule has 1 aromatic carbocycles. The van der Waals surface area contributed by atoms with Crippen LogP contribution in [0.1, 0.15) is 5.56 Å². The molecule has 0 N–H and O–H groups in total. The normalized spacial score (nSPS) is 9.62. The van der Waals surface area contributed by atoms with Gasteiger partial charge in [0.1, 0.15) is 5.82 Å². The van der Waals surface area contributed by atoms with Gasteiger partial charge in [-0.05, 0) is 18.1 Å². The predicted octanol–water partition coefficient (Wildman–Crippen LogP) is 2.46. The van der Waals surface area contributed by atoms with Gasteiger partial charge in [0.2, 0.25) is 0 Å². The molecule has 0 aromatic heterocycles. The lowest BCUT2D eigenvalue weighted by Gasteiger charge is -1.98. The summed E-state index contributed by atoms with van der Waals surface area (Å²) in [4.78, 5) is 9.62. The van der Waals surface area contributed by atoms with Crippen LogP contribution >= 0.6 is 0 Å². The van der Waals surface area contributed by atoms with E-state index in [-0.39, 0.29) is 5.69 Å². The maximum atomic E-state index is 13.0. The lowest BCUT2D eigenvalue weighted by molar-refractivity contribution is -0.385. The van der Waals surface area contributed by atoms with Crippen LogP contribution in [0.25, 0.3) is 0 Å². The van der Waals surface area contributed by atoms with Gasteiger partial charge in [-0.1, -0.05) is 6.08 Å². The number of allylic oxidation sites excluding steroid dienone is 1. The van der Waals surface area contributed by atoms with Gasteiger partial charge >= 0.3 is 0 Å². The summed E-state index contributed by atoms with van der Waals surface area (Å²) in [6.45, 7) is 3.45. The Morgan fingerprint density at radius 2 is 2.31 bits per heavy atom. The Kier molecular flexibility index (Phi) is 2.74. The Hall–Kier alpha value is -1.71. The third kappa shape index (κ3) is 2.11. The number of nitrogens with zero attached hydrogens (tertiary/aromatic N) is 1. The summed E-state index contributed by atoms with van der Waals surface area (Å²) in [5.41, 5.74) is 0.186. The smallest absolute Gasteiger partial charge is 0.258 e. The maximum absolute atomic E-state index is 13.0. The van der Waals surface area contributed by atoms with Crippen LogP contribution in [0.15, 0.2) is 30.9 Å². The topological polar surface area (TPSA) is 43.1 Å². The van der Waals surface area contributed by atoms with Gasteiger partial charge in [0.05, 0.1) is 11.0 Å². The van der Waals surface area contributed by atoms with Crippen LogP contribution in [0.2, 0.25) is 0 Å². The van der Waals surface area contributed by atoms with Crippen molar-refractivity contribution in [1.82, 2.24) is 0 Å². The average molecular weight is 181 g/mol. The van der Waals surface area contributed by atoms with E-state index in [2.05, 4.69) is 6.58 Å². The highest BCUT2D eigenvalue weighted by Gasteiger charge is 2.08. The molecule has 1 rings (SSSR count). The number of non-ortho nitro benzene ring substituents is 1. The van der Waals surface area contributed by atoms with Crippen molar-refractivity contribution in [2.24, 2.45) is 0 Å². The molecule has 0 heterocycles. The van der Waals surface area contributed by atoms with Gasteiger partial charge in [-0.2, -0.15) is 0 Å². The molecule has 0 spiro atoms. The number of benzene rings is 1. The Morgan fingerprint density at radius 3 is 2.77 bits per heavy atom. The molecule has 13 heavy (non-hydrogen) atoms. The number of hydrogen-bond donors (Lipinski definition) is 0. The fraction of sp³-hybridized carbons (Fsp3) is 0.111. The van der Waals surface area contributed by atoms with E-state index >= 15 is 0 Å². The second-order valence-electron chi connectivity index (χ2n) is 2.53. The number of nitro benzene ring substituents is 1. The van der Waals surface area contributed by atoms with Gasteiger partial charge in [-0.15, -0.1) is 6.58 Å². The molecule has 0 bridgehead atoms. The van der Waals surface area contributed by atoms with Crippen molar-refractivity contribution in [3.63, 3.8) is 0 Å². The monoisotopic (exact) mass is 181 g/mol. The summed E-state index contributed by atoms with van der Waals surface area (Å²) < 4.78 is 13.0. The van der Waals surface area contributed by atoms with Crippen LogP contribution in [-0.4, -0.2) is 4.92 Å². The number of nitro groups is 1. The Balaban J connectivity index is 3.04. The van der Waals surface area contributed by atoms with E-state index in [0.717, 1.165) is 6.07 Å². The summed E-state index contributed by atoms with van der Waals surface area (Å²) >= 11 is 0. The summed E-state index contributed by atoms with van der Waals surface area (Å²) in [6, 6.07) is 3.59. The molecule has 0 fully saturated rings. The van der Waals surface area contributed by atoms with Gasteiger partial charge in [0.25, 0.3) is 5.69 Å². The first kappa shape index (κ1) is 9.38. The zero-order valence-electron chi connectivity index (χ0n) is 6.87.